The number of benzene rings is 1. The van der Waals surface area contributed by atoms with Gasteiger partial charge in [0.15, 0.2) is 0 Å². The summed E-state index contributed by atoms with van der Waals surface area (Å²) in [6.45, 7) is 2.19. The van der Waals surface area contributed by atoms with Crippen molar-refractivity contribution < 1.29 is 13.2 Å². The van der Waals surface area contributed by atoms with Gasteiger partial charge in [-0.05, 0) is 24.6 Å². The van der Waals surface area contributed by atoms with Crippen LogP contribution in [0.15, 0.2) is 29.1 Å². The number of nitrogens with zero attached hydrogens (tertiary/aromatic N) is 1. The zero-order valence-electron chi connectivity index (χ0n) is 9.58. The number of rotatable bonds is 3. The molecule has 18 heavy (non-hydrogen) atoms. The minimum Gasteiger partial charge on any atom is -0.379 e. The molecule has 2 aromatic rings. The summed E-state index contributed by atoms with van der Waals surface area (Å²) in [5.74, 6) is 0. The lowest BCUT2D eigenvalue weighted by atomic mass is 10.1. The third-order valence-electron chi connectivity index (χ3n) is 2.51. The van der Waals surface area contributed by atoms with Crippen molar-refractivity contribution in [3.8, 4) is 0 Å². The minimum atomic E-state index is -4.31. The third-order valence-corrected chi connectivity index (χ3v) is 3.14. The maximum atomic E-state index is 12.6. The molecule has 2 rings (SSSR count). The Kier molecular flexibility index (Phi) is 3.56. The molecule has 1 heterocycles. The Balaban J connectivity index is 2.16. The normalized spacial score (nSPS) is 11.6. The Morgan fingerprint density at radius 1 is 1.33 bits per heavy atom. The second-order valence-electron chi connectivity index (χ2n) is 3.86. The van der Waals surface area contributed by atoms with E-state index in [1.165, 1.54) is 17.4 Å². The van der Waals surface area contributed by atoms with Crippen molar-refractivity contribution in [2.75, 3.05) is 5.32 Å². The van der Waals surface area contributed by atoms with Crippen LogP contribution in [0.2, 0.25) is 0 Å². The Labute approximate surface area is 106 Å². The first-order valence-corrected chi connectivity index (χ1v) is 6.20. The van der Waals surface area contributed by atoms with E-state index in [1.807, 2.05) is 5.38 Å². The molecule has 0 saturated heterocycles. The molecule has 0 amide bonds. The lowest BCUT2D eigenvalue weighted by Crippen LogP contribution is -2.07. The molecule has 0 aliphatic carbocycles. The fraction of sp³-hybridized carbons (Fsp3) is 0.250. The first kappa shape index (κ1) is 12.9. The number of aryl methyl sites for hydroxylation is 1. The maximum Gasteiger partial charge on any atom is 0.416 e. The fourth-order valence-corrected chi connectivity index (χ4v) is 2.06. The van der Waals surface area contributed by atoms with Crippen LogP contribution < -0.4 is 5.32 Å². The SMILES string of the molecule is Cc1ccc(C(F)(F)F)cc1NCc1cscn1. The number of alkyl halides is 3. The first-order valence-electron chi connectivity index (χ1n) is 5.25. The van der Waals surface area contributed by atoms with Crippen LogP contribution in [0.4, 0.5) is 18.9 Å². The number of aromatic nitrogens is 1. The predicted molar refractivity (Wildman–Crippen MR) is 65.6 cm³/mol. The average Bonchev–Trinajstić information content (AvgIpc) is 2.79. The minimum absolute atomic E-state index is 0.422. The molecule has 0 radical (unpaired) electrons. The highest BCUT2D eigenvalue weighted by molar-refractivity contribution is 7.07. The number of hydrogen-bond donors (Lipinski definition) is 1. The zero-order chi connectivity index (χ0) is 13.2. The highest BCUT2D eigenvalue weighted by Gasteiger charge is 2.30. The van der Waals surface area contributed by atoms with Crippen molar-refractivity contribution in [3.05, 3.63) is 45.9 Å². The van der Waals surface area contributed by atoms with Crippen LogP contribution in [-0.2, 0) is 12.7 Å². The molecule has 0 aliphatic rings. The topological polar surface area (TPSA) is 24.9 Å². The van der Waals surface area contributed by atoms with Crippen LogP contribution in [0.25, 0.3) is 0 Å². The Morgan fingerprint density at radius 3 is 2.72 bits per heavy atom. The Morgan fingerprint density at radius 2 is 2.11 bits per heavy atom. The number of hydrogen-bond acceptors (Lipinski definition) is 3. The van der Waals surface area contributed by atoms with Gasteiger partial charge in [-0.15, -0.1) is 11.3 Å². The fourth-order valence-electron chi connectivity index (χ4n) is 1.50. The van der Waals surface area contributed by atoms with Gasteiger partial charge >= 0.3 is 6.18 Å². The van der Waals surface area contributed by atoms with Gasteiger partial charge < -0.3 is 5.32 Å². The van der Waals surface area contributed by atoms with Gasteiger partial charge in [0.05, 0.1) is 23.3 Å². The molecule has 0 aliphatic heterocycles. The van der Waals surface area contributed by atoms with E-state index in [9.17, 15) is 13.2 Å². The summed E-state index contributed by atoms with van der Waals surface area (Å²) in [5.41, 5.74) is 3.12. The molecule has 1 N–H and O–H groups in total. The standard InChI is InChI=1S/C12H11F3N2S/c1-8-2-3-9(12(13,14)15)4-11(8)16-5-10-6-18-7-17-10/h2-4,6-7,16H,5H2,1H3. The van der Waals surface area contributed by atoms with Gasteiger partial charge in [-0.3, -0.25) is 0 Å². The molecule has 0 saturated carbocycles. The van der Waals surface area contributed by atoms with Gasteiger partial charge in [0.1, 0.15) is 0 Å². The molecule has 96 valence electrons. The van der Waals surface area contributed by atoms with Crippen LogP contribution in [0.5, 0.6) is 0 Å². The van der Waals surface area contributed by atoms with Gasteiger partial charge in [0, 0.05) is 11.1 Å². The van der Waals surface area contributed by atoms with Crippen LogP contribution in [0.3, 0.4) is 0 Å². The Hall–Kier alpha value is -1.56. The van der Waals surface area contributed by atoms with E-state index in [2.05, 4.69) is 10.3 Å². The molecule has 1 aromatic heterocycles. The summed E-state index contributed by atoms with van der Waals surface area (Å²) in [6, 6.07) is 3.68. The van der Waals surface area contributed by atoms with E-state index in [1.54, 1.807) is 12.4 Å². The maximum absolute atomic E-state index is 12.6. The summed E-state index contributed by atoms with van der Waals surface area (Å²) < 4.78 is 37.7. The summed E-state index contributed by atoms with van der Waals surface area (Å²) in [4.78, 5) is 4.07. The van der Waals surface area contributed by atoms with Gasteiger partial charge in [-0.25, -0.2) is 4.98 Å². The third kappa shape index (κ3) is 3.01. The largest absolute Gasteiger partial charge is 0.416 e. The molecule has 0 atom stereocenters. The lowest BCUT2D eigenvalue weighted by Gasteiger charge is -2.12. The molecular formula is C12H11F3N2S. The summed E-state index contributed by atoms with van der Waals surface area (Å²) >= 11 is 1.46. The van der Waals surface area contributed by atoms with E-state index in [4.69, 9.17) is 0 Å². The summed E-state index contributed by atoms with van der Waals surface area (Å²) in [5, 5.41) is 4.83. The predicted octanol–water partition coefficient (Wildman–Crippen LogP) is 4.08. The summed E-state index contributed by atoms with van der Waals surface area (Å²) in [6.07, 6.45) is -4.31. The molecule has 6 heteroatoms. The number of nitrogens with one attached hydrogen (secondary N) is 1. The van der Waals surface area contributed by atoms with Gasteiger partial charge in [-0.2, -0.15) is 13.2 Å². The monoisotopic (exact) mass is 272 g/mol. The number of halogens is 3. The van der Waals surface area contributed by atoms with Crippen molar-refractivity contribution >= 4 is 17.0 Å². The van der Waals surface area contributed by atoms with Gasteiger partial charge in [-0.1, -0.05) is 6.07 Å². The molecule has 0 bridgehead atoms. The smallest absolute Gasteiger partial charge is 0.379 e. The lowest BCUT2D eigenvalue weighted by molar-refractivity contribution is -0.137. The highest BCUT2D eigenvalue weighted by Crippen LogP contribution is 2.32. The number of thiazole rings is 1. The second kappa shape index (κ2) is 4.97. The Bertz CT molecular complexity index is 521. The van der Waals surface area contributed by atoms with Crippen LogP contribution >= 0.6 is 11.3 Å². The zero-order valence-corrected chi connectivity index (χ0v) is 10.4. The van der Waals surface area contributed by atoms with Crippen molar-refractivity contribution in [1.29, 1.82) is 0 Å². The van der Waals surface area contributed by atoms with E-state index in [0.29, 0.717) is 12.2 Å². The van der Waals surface area contributed by atoms with E-state index >= 15 is 0 Å². The number of anilines is 1. The van der Waals surface area contributed by atoms with Crippen molar-refractivity contribution in [2.24, 2.45) is 0 Å². The molecule has 1 aromatic carbocycles. The van der Waals surface area contributed by atoms with Crippen LogP contribution in [-0.4, -0.2) is 4.98 Å². The summed E-state index contributed by atoms with van der Waals surface area (Å²) in [7, 11) is 0. The molecule has 2 nitrogen and oxygen atoms in total. The van der Waals surface area contributed by atoms with Gasteiger partial charge in [0.2, 0.25) is 0 Å². The van der Waals surface area contributed by atoms with E-state index < -0.39 is 11.7 Å². The molecule has 0 fully saturated rings. The quantitative estimate of drug-likeness (QED) is 0.910. The second-order valence-corrected chi connectivity index (χ2v) is 4.58. The van der Waals surface area contributed by atoms with Crippen LogP contribution in [0.1, 0.15) is 16.8 Å². The van der Waals surface area contributed by atoms with Crippen molar-refractivity contribution in [1.82, 2.24) is 4.98 Å². The molecular weight excluding hydrogens is 261 g/mol. The highest BCUT2D eigenvalue weighted by atomic mass is 32.1. The van der Waals surface area contributed by atoms with Crippen LogP contribution in [0, 0.1) is 6.92 Å². The van der Waals surface area contributed by atoms with Crippen molar-refractivity contribution in [3.63, 3.8) is 0 Å². The van der Waals surface area contributed by atoms with Gasteiger partial charge in [0.25, 0.3) is 0 Å². The molecule has 0 spiro atoms. The first-order chi connectivity index (χ1) is 8.47. The van der Waals surface area contributed by atoms with E-state index in [0.717, 1.165) is 23.4 Å². The molecule has 0 unspecified atom stereocenters. The van der Waals surface area contributed by atoms with E-state index in [-0.39, 0.29) is 0 Å². The average molecular weight is 272 g/mol. The van der Waals surface area contributed by atoms with Crippen molar-refractivity contribution in [2.45, 2.75) is 19.6 Å².